The van der Waals surface area contributed by atoms with Crippen molar-refractivity contribution in [2.24, 2.45) is 0 Å². The molecule has 412 valence electrons. The summed E-state index contributed by atoms with van der Waals surface area (Å²) in [5.74, 6) is 0.489. The zero-order valence-electron chi connectivity index (χ0n) is 48.0. The highest BCUT2D eigenvalue weighted by Gasteiger charge is 2.34. The summed E-state index contributed by atoms with van der Waals surface area (Å²) < 4.78 is 17.1. The molecule has 4 N–H and O–H groups in total. The van der Waals surface area contributed by atoms with E-state index in [9.17, 15) is 24.9 Å². The lowest BCUT2D eigenvalue weighted by molar-refractivity contribution is -0.142. The molecule has 0 bridgehead atoms. The van der Waals surface area contributed by atoms with Crippen LogP contribution in [0.5, 0.6) is 11.5 Å². The van der Waals surface area contributed by atoms with Crippen LogP contribution in [-0.2, 0) is 25.2 Å². The number of hydrogen-bond acceptors (Lipinski definition) is 8. The summed E-state index contributed by atoms with van der Waals surface area (Å²) in [7, 11) is 0. The molecule has 0 saturated carbocycles. The zero-order valence-corrected chi connectivity index (χ0v) is 48.0. The Morgan fingerprint density at radius 3 is 1.33 bits per heavy atom. The maximum absolute atomic E-state index is 11.4. The molecule has 0 unspecified atom stereocenters. The smallest absolute Gasteiger partial charge is 0.306 e. The number of rotatable bonds is 29. The first kappa shape index (κ1) is 62.3. The van der Waals surface area contributed by atoms with E-state index in [1.807, 2.05) is 25.1 Å². The monoisotopic (exact) mass is 1030 g/mol. The van der Waals surface area contributed by atoms with Gasteiger partial charge in [-0.25, -0.2) is 0 Å². The third-order valence-corrected chi connectivity index (χ3v) is 15.9. The highest BCUT2D eigenvalue weighted by molar-refractivity contribution is 5.71. The van der Waals surface area contributed by atoms with Crippen LogP contribution in [0.2, 0.25) is 0 Å². The molecule has 0 aliphatic carbocycles. The van der Waals surface area contributed by atoms with E-state index >= 15 is 0 Å². The van der Waals surface area contributed by atoms with Gasteiger partial charge in [0.1, 0.15) is 30.8 Å². The number of carboxylic acid groups (broad SMARTS) is 1. The van der Waals surface area contributed by atoms with E-state index in [0.29, 0.717) is 18.8 Å². The molecule has 1 fully saturated rings. The summed E-state index contributed by atoms with van der Waals surface area (Å²) in [6.45, 7) is 26.3. The lowest BCUT2D eigenvalue weighted by atomic mass is 9.70. The first-order chi connectivity index (χ1) is 35.7. The van der Waals surface area contributed by atoms with Gasteiger partial charge in [-0.1, -0.05) is 166 Å². The minimum Gasteiger partial charge on any atom is -0.491 e. The SMILES string of the molecule is CCCC(O)(/C=C/c1ccc(C(CC)(CC)c2ccc(OC[C@@H](O)CCC(=O)O)c(C)c2)cc1C)CCC.CCCC(O)(/C=C/c1ccc(C(CC)(CC)c2ccc(OC[C@@H]3CCC(=O)O3)c(C)c2)cc1C)CCC. The second kappa shape index (κ2) is 29.3. The Labute approximate surface area is 451 Å². The molecule has 1 aliphatic heterocycles. The molecule has 0 aromatic heterocycles. The molecule has 1 saturated heterocycles. The van der Waals surface area contributed by atoms with Crippen molar-refractivity contribution in [3.05, 3.63) is 141 Å². The van der Waals surface area contributed by atoms with Crippen LogP contribution in [0, 0.1) is 27.7 Å². The fraction of sp³-hybridized carbons (Fsp3) is 0.545. The number of aryl methyl sites for hydroxylation is 4. The first-order valence-electron chi connectivity index (χ1n) is 28.4. The predicted octanol–water partition coefficient (Wildman–Crippen LogP) is 15.2. The average Bonchev–Trinajstić information content (AvgIpc) is 3.80. The van der Waals surface area contributed by atoms with Crippen LogP contribution in [0.4, 0.5) is 0 Å². The number of carboxylic acids is 1. The van der Waals surface area contributed by atoms with E-state index < -0.39 is 23.3 Å². The first-order valence-corrected chi connectivity index (χ1v) is 28.4. The third kappa shape index (κ3) is 16.9. The van der Waals surface area contributed by atoms with Gasteiger partial charge < -0.3 is 34.6 Å². The number of aliphatic carboxylic acids is 1. The van der Waals surface area contributed by atoms with Crippen LogP contribution in [-0.4, -0.2) is 69.0 Å². The van der Waals surface area contributed by atoms with Crippen molar-refractivity contribution in [2.45, 2.75) is 220 Å². The van der Waals surface area contributed by atoms with Gasteiger partial charge in [-0.05, 0) is 160 Å². The molecule has 1 aliphatic rings. The number of benzene rings is 4. The molecule has 9 nitrogen and oxygen atoms in total. The summed E-state index contributed by atoms with van der Waals surface area (Å²) in [4.78, 5) is 22.1. The van der Waals surface area contributed by atoms with Gasteiger partial charge in [0.05, 0.1) is 17.3 Å². The van der Waals surface area contributed by atoms with Crippen LogP contribution >= 0.6 is 0 Å². The Morgan fingerprint density at radius 2 is 1.00 bits per heavy atom. The molecule has 0 spiro atoms. The van der Waals surface area contributed by atoms with Gasteiger partial charge in [-0.2, -0.15) is 0 Å². The Kier molecular flexibility index (Phi) is 24.4. The van der Waals surface area contributed by atoms with Crippen LogP contribution in [0.1, 0.15) is 214 Å². The number of aliphatic hydroxyl groups excluding tert-OH is 1. The van der Waals surface area contributed by atoms with E-state index in [0.717, 1.165) is 111 Å². The molecule has 0 radical (unpaired) electrons. The molecule has 1 heterocycles. The molecular weight excluding hydrogens is 937 g/mol. The summed E-state index contributed by atoms with van der Waals surface area (Å²) >= 11 is 0. The molecule has 4 aromatic rings. The highest BCUT2D eigenvalue weighted by Crippen LogP contribution is 2.43. The lowest BCUT2D eigenvalue weighted by Crippen LogP contribution is -2.26. The van der Waals surface area contributed by atoms with Gasteiger partial charge in [0.15, 0.2) is 0 Å². The topological polar surface area (TPSA) is 143 Å². The van der Waals surface area contributed by atoms with Gasteiger partial charge in [-0.3, -0.25) is 9.59 Å². The number of carbonyl (C=O) groups is 2. The summed E-state index contributed by atoms with van der Waals surface area (Å²) in [6, 6.07) is 26.2. The van der Waals surface area contributed by atoms with Crippen LogP contribution in [0.25, 0.3) is 12.2 Å². The normalized spacial score (nSPS) is 14.8. The van der Waals surface area contributed by atoms with E-state index in [1.165, 1.54) is 33.4 Å². The molecule has 4 aromatic carbocycles. The molecule has 5 rings (SSSR count). The van der Waals surface area contributed by atoms with Gasteiger partial charge in [0, 0.05) is 23.7 Å². The Balaban J connectivity index is 0.000000325. The zero-order chi connectivity index (χ0) is 55.4. The highest BCUT2D eigenvalue weighted by atomic mass is 16.6. The minimum atomic E-state index is -0.922. The van der Waals surface area contributed by atoms with E-state index in [4.69, 9.17) is 19.3 Å². The summed E-state index contributed by atoms with van der Waals surface area (Å²) in [5.41, 5.74) is 10.1. The lowest BCUT2D eigenvalue weighted by Gasteiger charge is -2.34. The van der Waals surface area contributed by atoms with Crippen molar-refractivity contribution in [2.75, 3.05) is 13.2 Å². The number of carbonyl (C=O) groups excluding carboxylic acids is 1. The Morgan fingerprint density at radius 1 is 0.613 bits per heavy atom. The van der Waals surface area contributed by atoms with Crippen LogP contribution in [0.15, 0.2) is 84.9 Å². The standard InChI is InChI=1S/C33H48O5.C33H46O4/c1-7-18-32(37,19-8-2)20-17-26-11-12-27(21-24(26)5)33(9-3,10-4)28-13-15-30(25(6)22-28)38-23-29(34)14-16-31(35)36;1-7-18-32(35,19-8-2)20-17-26-11-12-27(21-24(26)5)33(9-3,10-4)28-13-15-30(25(6)22-28)36-23-29-14-16-31(34)37-29/h11-13,15,17,20-22,29,34,37H,7-10,14,16,18-19,23H2,1-6H3,(H,35,36);11-13,15,17,20-22,29,35H,7-10,14,16,18-19,23H2,1-6H3/b2*20-17+/t2*29-/m00/s1. The Bertz CT molecular complexity index is 2480. The maximum atomic E-state index is 11.4. The van der Waals surface area contributed by atoms with E-state index in [-0.39, 0.29) is 42.4 Å². The summed E-state index contributed by atoms with van der Waals surface area (Å²) in [5, 5.41) is 40.9. The fourth-order valence-corrected chi connectivity index (χ4v) is 11.3. The largest absolute Gasteiger partial charge is 0.491 e. The average molecular weight is 1030 g/mol. The van der Waals surface area contributed by atoms with Crippen LogP contribution in [0.3, 0.4) is 0 Å². The van der Waals surface area contributed by atoms with Crippen molar-refractivity contribution in [3.8, 4) is 11.5 Å². The summed E-state index contributed by atoms with van der Waals surface area (Å²) in [6.07, 6.45) is 19.3. The molecule has 0 amide bonds. The maximum Gasteiger partial charge on any atom is 0.306 e. The van der Waals surface area contributed by atoms with E-state index in [1.54, 1.807) is 0 Å². The van der Waals surface area contributed by atoms with Crippen LogP contribution < -0.4 is 9.47 Å². The van der Waals surface area contributed by atoms with Gasteiger partial charge in [0.2, 0.25) is 0 Å². The van der Waals surface area contributed by atoms with Crippen molar-refractivity contribution in [1.82, 2.24) is 0 Å². The molecule has 75 heavy (non-hydrogen) atoms. The Hall–Kier alpha value is -5.22. The van der Waals surface area contributed by atoms with Crippen molar-refractivity contribution >= 4 is 24.1 Å². The predicted molar refractivity (Wildman–Crippen MR) is 308 cm³/mol. The number of aliphatic hydroxyl groups is 3. The van der Waals surface area contributed by atoms with Crippen molar-refractivity contribution in [1.29, 1.82) is 0 Å². The van der Waals surface area contributed by atoms with Gasteiger partial charge in [-0.15, -0.1) is 0 Å². The number of esters is 1. The van der Waals surface area contributed by atoms with Crippen molar-refractivity contribution < 1.29 is 44.2 Å². The molecule has 9 heteroatoms. The van der Waals surface area contributed by atoms with Gasteiger partial charge in [0.25, 0.3) is 0 Å². The molecular formula is C66H94O9. The van der Waals surface area contributed by atoms with E-state index in [2.05, 4.69) is 155 Å². The number of ether oxygens (including phenoxy) is 3. The third-order valence-electron chi connectivity index (χ3n) is 15.9. The fourth-order valence-electron chi connectivity index (χ4n) is 11.3. The molecule has 2 atom stereocenters. The number of cyclic esters (lactones) is 1. The minimum absolute atomic E-state index is 0.0694. The van der Waals surface area contributed by atoms with Crippen molar-refractivity contribution in [3.63, 3.8) is 0 Å². The van der Waals surface area contributed by atoms with Gasteiger partial charge >= 0.3 is 11.9 Å². The number of hydrogen-bond donors (Lipinski definition) is 4. The second-order valence-corrected chi connectivity index (χ2v) is 21.4. The second-order valence-electron chi connectivity index (χ2n) is 21.4. The quantitative estimate of drug-likeness (QED) is 0.0391.